The molecule has 3 heterocycles. The monoisotopic (exact) mass is 354 g/mol. The Morgan fingerprint density at radius 3 is 2.73 bits per heavy atom. The molecular formula is C20H23FN4O. The van der Waals surface area contributed by atoms with Gasteiger partial charge in [-0.15, -0.1) is 0 Å². The number of aromatic nitrogens is 3. The van der Waals surface area contributed by atoms with Gasteiger partial charge in [-0.1, -0.05) is 12.1 Å². The topological polar surface area (TPSA) is 53.7 Å². The summed E-state index contributed by atoms with van der Waals surface area (Å²) >= 11 is 0. The Morgan fingerprint density at radius 1 is 1.23 bits per heavy atom. The van der Waals surface area contributed by atoms with Gasteiger partial charge < -0.3 is 5.11 Å². The lowest BCUT2D eigenvalue weighted by molar-refractivity contribution is 0.0478. The van der Waals surface area contributed by atoms with E-state index in [2.05, 4.69) is 15.0 Å². The fourth-order valence-electron chi connectivity index (χ4n) is 3.91. The van der Waals surface area contributed by atoms with E-state index >= 15 is 0 Å². The van der Waals surface area contributed by atoms with Crippen molar-refractivity contribution in [2.24, 2.45) is 0 Å². The summed E-state index contributed by atoms with van der Waals surface area (Å²) in [6.07, 6.45) is 2.25. The van der Waals surface area contributed by atoms with Crippen molar-refractivity contribution in [3.8, 4) is 0 Å². The smallest absolute Gasteiger partial charge is 0.159 e. The number of halogens is 1. The van der Waals surface area contributed by atoms with E-state index in [0.29, 0.717) is 13.1 Å². The molecule has 0 radical (unpaired) electrons. The lowest BCUT2D eigenvalue weighted by Gasteiger charge is -2.36. The van der Waals surface area contributed by atoms with E-state index < -0.39 is 6.10 Å². The van der Waals surface area contributed by atoms with Gasteiger partial charge in [0.2, 0.25) is 0 Å². The van der Waals surface area contributed by atoms with Crippen LogP contribution in [0.4, 0.5) is 4.39 Å². The number of nitrogens with zero attached hydrogens (tertiary/aromatic N) is 4. The molecule has 0 unspecified atom stereocenters. The van der Waals surface area contributed by atoms with Crippen molar-refractivity contribution in [2.45, 2.75) is 38.8 Å². The third kappa shape index (κ3) is 3.22. The lowest BCUT2D eigenvalue weighted by atomic mass is 9.87. The highest BCUT2D eigenvalue weighted by molar-refractivity contribution is 5.47. The molecule has 2 atom stereocenters. The largest absolute Gasteiger partial charge is 0.391 e. The van der Waals surface area contributed by atoms with Crippen molar-refractivity contribution in [1.29, 1.82) is 0 Å². The molecule has 6 heteroatoms. The van der Waals surface area contributed by atoms with Crippen LogP contribution in [0.3, 0.4) is 0 Å². The Hall–Kier alpha value is -2.31. The second kappa shape index (κ2) is 6.78. The van der Waals surface area contributed by atoms with Crippen LogP contribution in [-0.4, -0.2) is 43.8 Å². The Bertz CT molecular complexity index is 921. The number of hydrogen-bond donors (Lipinski definition) is 1. The molecule has 0 spiro atoms. The quantitative estimate of drug-likeness (QED) is 0.786. The summed E-state index contributed by atoms with van der Waals surface area (Å²) in [6, 6.07) is 8.49. The summed E-state index contributed by atoms with van der Waals surface area (Å²) in [4.78, 5) is 6.86. The first-order valence-electron chi connectivity index (χ1n) is 8.98. The minimum absolute atomic E-state index is 0.0540. The van der Waals surface area contributed by atoms with Gasteiger partial charge in [0, 0.05) is 36.0 Å². The highest BCUT2D eigenvalue weighted by Gasteiger charge is 2.29. The second-order valence-electron chi connectivity index (χ2n) is 7.19. The van der Waals surface area contributed by atoms with E-state index in [-0.39, 0.29) is 11.7 Å². The first kappa shape index (κ1) is 17.1. The average Bonchev–Trinajstić information content (AvgIpc) is 2.99. The van der Waals surface area contributed by atoms with Gasteiger partial charge >= 0.3 is 0 Å². The fraction of sp³-hybridized carbons (Fsp3) is 0.400. The predicted molar refractivity (Wildman–Crippen MR) is 97.5 cm³/mol. The Kier molecular flexibility index (Phi) is 4.46. The summed E-state index contributed by atoms with van der Waals surface area (Å²) < 4.78 is 15.0. The molecule has 1 aliphatic heterocycles. The number of aryl methyl sites for hydroxylation is 2. The van der Waals surface area contributed by atoms with Gasteiger partial charge in [-0.3, -0.25) is 4.90 Å². The number of benzene rings is 1. The van der Waals surface area contributed by atoms with E-state index in [9.17, 15) is 9.50 Å². The molecule has 5 nitrogen and oxygen atoms in total. The average molecular weight is 354 g/mol. The molecule has 0 saturated carbocycles. The van der Waals surface area contributed by atoms with E-state index in [0.717, 1.165) is 41.1 Å². The molecule has 0 bridgehead atoms. The summed E-state index contributed by atoms with van der Waals surface area (Å²) in [6.45, 7) is 6.19. The van der Waals surface area contributed by atoms with Crippen LogP contribution >= 0.6 is 0 Å². The van der Waals surface area contributed by atoms with Crippen molar-refractivity contribution in [3.63, 3.8) is 0 Å². The molecular weight excluding hydrogens is 331 g/mol. The van der Waals surface area contributed by atoms with Crippen LogP contribution in [-0.2, 0) is 6.54 Å². The molecule has 1 aliphatic rings. The molecule has 1 saturated heterocycles. The number of fused-ring (bicyclic) bond motifs is 1. The first-order valence-corrected chi connectivity index (χ1v) is 8.98. The third-order valence-corrected chi connectivity index (χ3v) is 5.21. The number of likely N-dealkylation sites (tertiary alicyclic amines) is 1. The molecule has 1 fully saturated rings. The number of aliphatic hydroxyl groups excluding tert-OH is 1. The van der Waals surface area contributed by atoms with Gasteiger partial charge in [-0.05, 0) is 50.6 Å². The van der Waals surface area contributed by atoms with Gasteiger partial charge in [0.25, 0.3) is 0 Å². The van der Waals surface area contributed by atoms with Crippen molar-refractivity contribution >= 4 is 5.65 Å². The molecule has 4 rings (SSSR count). The summed E-state index contributed by atoms with van der Waals surface area (Å²) in [7, 11) is 0. The van der Waals surface area contributed by atoms with Gasteiger partial charge in [0.15, 0.2) is 5.65 Å². The number of hydrogen-bond acceptors (Lipinski definition) is 4. The van der Waals surface area contributed by atoms with Crippen molar-refractivity contribution in [3.05, 3.63) is 64.9 Å². The summed E-state index contributed by atoms with van der Waals surface area (Å²) in [5.74, 6) is -0.190. The van der Waals surface area contributed by atoms with Gasteiger partial charge in [0.1, 0.15) is 5.82 Å². The standard InChI is InChI=1S/C20H23FN4O/c1-13-9-14(2)25-20(23-13)16(10-22-25)11-24-8-7-18(19(26)12-24)15-3-5-17(21)6-4-15/h3-6,9-10,18-19,26H,7-8,11-12H2,1-2H3/t18-,19+/m0/s1. The zero-order valence-electron chi connectivity index (χ0n) is 15.1. The highest BCUT2D eigenvalue weighted by atomic mass is 19.1. The zero-order chi connectivity index (χ0) is 18.3. The van der Waals surface area contributed by atoms with Crippen molar-refractivity contribution < 1.29 is 9.50 Å². The number of aliphatic hydroxyl groups is 1. The molecule has 2 aromatic heterocycles. The van der Waals surface area contributed by atoms with Crippen molar-refractivity contribution in [1.82, 2.24) is 19.5 Å². The molecule has 1 N–H and O–H groups in total. The fourth-order valence-corrected chi connectivity index (χ4v) is 3.91. The van der Waals surface area contributed by atoms with Gasteiger partial charge in [-0.2, -0.15) is 5.10 Å². The van der Waals surface area contributed by atoms with Crippen LogP contribution in [0, 0.1) is 19.7 Å². The third-order valence-electron chi connectivity index (χ3n) is 5.21. The first-order chi connectivity index (χ1) is 12.5. The second-order valence-corrected chi connectivity index (χ2v) is 7.19. The molecule has 136 valence electrons. The summed E-state index contributed by atoms with van der Waals surface area (Å²) in [5.41, 5.74) is 5.00. The van der Waals surface area contributed by atoms with Crippen LogP contribution in [0.25, 0.3) is 5.65 Å². The SMILES string of the molecule is Cc1cc(C)n2ncc(CN3CC[C@@H](c4ccc(F)cc4)[C@H](O)C3)c2n1. The maximum Gasteiger partial charge on any atom is 0.159 e. The van der Waals surface area contributed by atoms with E-state index in [4.69, 9.17) is 0 Å². The van der Waals surface area contributed by atoms with E-state index in [1.54, 1.807) is 12.1 Å². The maximum absolute atomic E-state index is 13.1. The van der Waals surface area contributed by atoms with Crippen LogP contribution in [0.2, 0.25) is 0 Å². The molecule has 0 aliphatic carbocycles. The van der Waals surface area contributed by atoms with Crippen molar-refractivity contribution in [2.75, 3.05) is 13.1 Å². The predicted octanol–water partition coefficient (Wildman–Crippen LogP) is 2.84. The Labute approximate surface area is 152 Å². The van der Waals surface area contributed by atoms with Gasteiger partial charge in [0.05, 0.1) is 12.3 Å². The summed E-state index contributed by atoms with van der Waals surface area (Å²) in [5, 5.41) is 15.1. The van der Waals surface area contributed by atoms with Crippen LogP contribution in [0.1, 0.15) is 34.9 Å². The normalized spacial score (nSPS) is 21.4. The molecule has 26 heavy (non-hydrogen) atoms. The van der Waals surface area contributed by atoms with Crippen LogP contribution in [0.5, 0.6) is 0 Å². The van der Waals surface area contributed by atoms with Crippen LogP contribution in [0.15, 0.2) is 36.5 Å². The minimum Gasteiger partial charge on any atom is -0.391 e. The van der Waals surface area contributed by atoms with Gasteiger partial charge in [-0.25, -0.2) is 13.9 Å². The molecule has 1 aromatic carbocycles. The maximum atomic E-state index is 13.1. The van der Waals surface area contributed by atoms with Crippen LogP contribution < -0.4 is 0 Å². The van der Waals surface area contributed by atoms with E-state index in [1.807, 2.05) is 30.6 Å². The Morgan fingerprint density at radius 2 is 2.00 bits per heavy atom. The lowest BCUT2D eigenvalue weighted by Crippen LogP contribution is -2.42. The highest BCUT2D eigenvalue weighted by Crippen LogP contribution is 2.29. The zero-order valence-corrected chi connectivity index (χ0v) is 15.1. The molecule has 0 amide bonds. The number of rotatable bonds is 3. The number of piperidine rings is 1. The minimum atomic E-state index is -0.465. The molecule has 3 aromatic rings. The van der Waals surface area contributed by atoms with E-state index in [1.165, 1.54) is 12.1 Å². The number of β-amino-alcohol motifs (C(OH)–C–C–N with tert-alkyl or cyclic N) is 1. The Balaban J connectivity index is 1.49.